The van der Waals surface area contributed by atoms with Gasteiger partial charge in [0.05, 0.1) is 4.90 Å². The summed E-state index contributed by atoms with van der Waals surface area (Å²) in [6.45, 7) is 8.14. The number of benzene rings is 3. The lowest BCUT2D eigenvalue weighted by Gasteiger charge is -2.13. The van der Waals surface area contributed by atoms with Crippen LogP contribution < -0.4 is 10.0 Å². The number of carbonyl (C=O) groups excluding carboxylic acids is 1. The van der Waals surface area contributed by atoms with E-state index < -0.39 is 10.0 Å². The van der Waals surface area contributed by atoms with E-state index in [1.807, 2.05) is 26.8 Å². The first-order valence-electron chi connectivity index (χ1n) is 10.3. The highest BCUT2D eigenvalue weighted by atomic mass is 32.2. The lowest BCUT2D eigenvalue weighted by Crippen LogP contribution is -2.26. The van der Waals surface area contributed by atoms with Gasteiger partial charge >= 0.3 is 0 Å². The van der Waals surface area contributed by atoms with Crippen molar-refractivity contribution in [2.45, 2.75) is 37.5 Å². The quantitative estimate of drug-likeness (QED) is 0.350. The van der Waals surface area contributed by atoms with E-state index in [0.29, 0.717) is 23.4 Å². The van der Waals surface area contributed by atoms with Gasteiger partial charge in [0.25, 0.3) is 15.9 Å². The van der Waals surface area contributed by atoms with Crippen LogP contribution in [0.2, 0.25) is 0 Å². The van der Waals surface area contributed by atoms with E-state index >= 15 is 0 Å². The molecule has 0 spiro atoms. The van der Waals surface area contributed by atoms with Gasteiger partial charge in [0.1, 0.15) is 0 Å². The van der Waals surface area contributed by atoms with Crippen molar-refractivity contribution in [3.8, 4) is 0 Å². The molecule has 1 amide bonds. The van der Waals surface area contributed by atoms with E-state index in [1.165, 1.54) is 11.6 Å². The van der Waals surface area contributed by atoms with Crippen molar-refractivity contribution < 1.29 is 13.2 Å². The standard InChI is InChI=1S/C25H28N2O3S2/c1-17-5-11-23(12-6-17)31-14-13-26-25(28)21-9-7-19(3)24(16-21)32(29,30)27-22-10-8-18(2)20(4)15-22/h5-12,15-16,27H,13-14H2,1-4H3,(H,26,28). The molecule has 0 saturated heterocycles. The fourth-order valence-corrected chi connectivity index (χ4v) is 5.21. The van der Waals surface area contributed by atoms with Gasteiger partial charge in [-0.25, -0.2) is 8.42 Å². The molecule has 0 aliphatic rings. The summed E-state index contributed by atoms with van der Waals surface area (Å²) < 4.78 is 28.6. The molecule has 0 atom stereocenters. The predicted octanol–water partition coefficient (Wildman–Crippen LogP) is 5.24. The summed E-state index contributed by atoms with van der Waals surface area (Å²) in [5, 5.41) is 2.87. The van der Waals surface area contributed by atoms with Gasteiger partial charge < -0.3 is 5.32 Å². The van der Waals surface area contributed by atoms with Gasteiger partial charge in [-0.15, -0.1) is 11.8 Å². The third-order valence-corrected chi connectivity index (χ3v) is 7.71. The Morgan fingerprint density at radius 1 is 0.844 bits per heavy atom. The molecule has 0 aromatic heterocycles. The predicted molar refractivity (Wildman–Crippen MR) is 132 cm³/mol. The summed E-state index contributed by atoms with van der Waals surface area (Å²) in [6, 6.07) is 18.4. The third kappa shape index (κ3) is 6.14. The molecule has 0 aliphatic carbocycles. The Balaban J connectivity index is 1.66. The average Bonchev–Trinajstić information content (AvgIpc) is 2.75. The topological polar surface area (TPSA) is 75.3 Å². The Hall–Kier alpha value is -2.77. The number of anilines is 1. The minimum absolute atomic E-state index is 0.0948. The summed E-state index contributed by atoms with van der Waals surface area (Å²) in [5.74, 6) is 0.428. The average molecular weight is 469 g/mol. The van der Waals surface area contributed by atoms with Gasteiger partial charge in [-0.2, -0.15) is 0 Å². The largest absolute Gasteiger partial charge is 0.351 e. The molecule has 3 aromatic rings. The molecule has 0 radical (unpaired) electrons. The minimum Gasteiger partial charge on any atom is -0.351 e. The van der Waals surface area contributed by atoms with Gasteiger partial charge in [0.2, 0.25) is 0 Å². The molecule has 0 aliphatic heterocycles. The van der Waals surface area contributed by atoms with Crippen LogP contribution in [0.15, 0.2) is 70.5 Å². The molecule has 0 bridgehead atoms. The molecule has 0 saturated carbocycles. The van der Waals surface area contributed by atoms with Gasteiger partial charge in [-0.1, -0.05) is 29.8 Å². The van der Waals surface area contributed by atoms with E-state index in [1.54, 1.807) is 43.0 Å². The van der Waals surface area contributed by atoms with Crippen LogP contribution in [0.3, 0.4) is 0 Å². The van der Waals surface area contributed by atoms with Crippen molar-refractivity contribution in [1.29, 1.82) is 0 Å². The second-order valence-corrected chi connectivity index (χ2v) is 10.6. The van der Waals surface area contributed by atoms with Crippen molar-refractivity contribution in [1.82, 2.24) is 5.32 Å². The zero-order valence-corrected chi connectivity index (χ0v) is 20.4. The molecule has 3 rings (SSSR count). The summed E-state index contributed by atoms with van der Waals surface area (Å²) in [5.41, 5.74) is 4.68. The lowest BCUT2D eigenvalue weighted by atomic mass is 10.1. The van der Waals surface area contributed by atoms with Crippen LogP contribution in [0.5, 0.6) is 0 Å². The first-order chi connectivity index (χ1) is 15.2. The Labute approximate surface area is 194 Å². The normalized spacial score (nSPS) is 11.2. The number of hydrogen-bond donors (Lipinski definition) is 2. The van der Waals surface area contributed by atoms with Gasteiger partial charge in [0.15, 0.2) is 0 Å². The number of sulfonamides is 1. The van der Waals surface area contributed by atoms with E-state index in [2.05, 4.69) is 34.3 Å². The van der Waals surface area contributed by atoms with Gasteiger partial charge in [-0.3, -0.25) is 9.52 Å². The third-order valence-electron chi connectivity index (χ3n) is 5.18. The highest BCUT2D eigenvalue weighted by Crippen LogP contribution is 2.23. The Bertz CT molecular complexity index is 1220. The Morgan fingerprint density at radius 3 is 2.22 bits per heavy atom. The number of thioether (sulfide) groups is 1. The summed E-state index contributed by atoms with van der Waals surface area (Å²) >= 11 is 1.66. The van der Waals surface area contributed by atoms with Crippen LogP contribution in [0.4, 0.5) is 5.69 Å². The van der Waals surface area contributed by atoms with E-state index in [-0.39, 0.29) is 10.8 Å². The SMILES string of the molecule is Cc1ccc(SCCNC(=O)c2ccc(C)c(S(=O)(=O)Nc3ccc(C)c(C)c3)c2)cc1. The summed E-state index contributed by atoms with van der Waals surface area (Å²) in [7, 11) is -3.83. The molecule has 5 nitrogen and oxygen atoms in total. The van der Waals surface area contributed by atoms with Gasteiger partial charge in [-0.05, 0) is 80.8 Å². The monoisotopic (exact) mass is 468 g/mol. The molecule has 168 valence electrons. The second-order valence-electron chi connectivity index (χ2n) is 7.80. The maximum Gasteiger partial charge on any atom is 0.262 e. The molecule has 32 heavy (non-hydrogen) atoms. The number of rotatable bonds is 8. The molecular formula is C25H28N2O3S2. The number of aryl methyl sites for hydroxylation is 4. The number of carbonyl (C=O) groups is 1. The molecule has 0 heterocycles. The van der Waals surface area contributed by atoms with Crippen LogP contribution >= 0.6 is 11.8 Å². The molecule has 7 heteroatoms. The first kappa shape index (κ1) is 23.9. The fourth-order valence-electron chi connectivity index (χ4n) is 3.12. The first-order valence-corrected chi connectivity index (χ1v) is 12.8. The zero-order chi connectivity index (χ0) is 23.3. The molecule has 3 aromatic carbocycles. The maximum absolute atomic E-state index is 13.0. The zero-order valence-electron chi connectivity index (χ0n) is 18.7. The summed E-state index contributed by atoms with van der Waals surface area (Å²) in [6.07, 6.45) is 0. The highest BCUT2D eigenvalue weighted by molar-refractivity contribution is 7.99. The van der Waals surface area contributed by atoms with Crippen molar-refractivity contribution in [2.24, 2.45) is 0 Å². The van der Waals surface area contributed by atoms with E-state index in [9.17, 15) is 13.2 Å². The Kier molecular flexibility index (Phi) is 7.64. The smallest absolute Gasteiger partial charge is 0.262 e. The second kappa shape index (κ2) is 10.2. The molecule has 2 N–H and O–H groups in total. The maximum atomic E-state index is 13.0. The number of nitrogens with one attached hydrogen (secondary N) is 2. The molecular weight excluding hydrogens is 440 g/mol. The summed E-state index contributed by atoms with van der Waals surface area (Å²) in [4.78, 5) is 13.8. The van der Waals surface area contributed by atoms with E-state index in [0.717, 1.165) is 21.8 Å². The number of amides is 1. The minimum atomic E-state index is -3.83. The fraction of sp³-hybridized carbons (Fsp3) is 0.240. The van der Waals surface area contributed by atoms with Crippen molar-refractivity contribution in [2.75, 3.05) is 17.0 Å². The lowest BCUT2D eigenvalue weighted by molar-refractivity contribution is 0.0956. The van der Waals surface area contributed by atoms with Crippen molar-refractivity contribution in [3.63, 3.8) is 0 Å². The van der Waals surface area contributed by atoms with Crippen molar-refractivity contribution >= 4 is 33.4 Å². The van der Waals surface area contributed by atoms with Gasteiger partial charge in [0, 0.05) is 28.4 Å². The van der Waals surface area contributed by atoms with Crippen LogP contribution in [-0.4, -0.2) is 26.6 Å². The van der Waals surface area contributed by atoms with Crippen LogP contribution in [-0.2, 0) is 10.0 Å². The van der Waals surface area contributed by atoms with Crippen LogP contribution in [0, 0.1) is 27.7 Å². The van der Waals surface area contributed by atoms with E-state index in [4.69, 9.17) is 0 Å². The van der Waals surface area contributed by atoms with Crippen LogP contribution in [0.1, 0.15) is 32.6 Å². The molecule has 0 unspecified atom stereocenters. The molecule has 0 fully saturated rings. The Morgan fingerprint density at radius 2 is 1.53 bits per heavy atom. The van der Waals surface area contributed by atoms with Crippen molar-refractivity contribution in [3.05, 3.63) is 88.5 Å². The number of hydrogen-bond acceptors (Lipinski definition) is 4. The van der Waals surface area contributed by atoms with Crippen LogP contribution in [0.25, 0.3) is 0 Å². The highest BCUT2D eigenvalue weighted by Gasteiger charge is 2.19.